The molecule has 0 amide bonds. The molecule has 2 aromatic carbocycles. The highest BCUT2D eigenvalue weighted by Crippen LogP contribution is 2.27. The standard InChI is InChI=1S/C14H13Br2FN2/c15-11-4-2-1-3-10(11)14(8-18)19-9-5-6-13(17)12(16)7-9/h1-7,14,19H,8,18H2. The number of hydrogen-bond acceptors (Lipinski definition) is 2. The van der Waals surface area contributed by atoms with Crippen molar-refractivity contribution in [2.24, 2.45) is 5.73 Å². The van der Waals surface area contributed by atoms with Crippen LogP contribution in [0.4, 0.5) is 10.1 Å². The molecule has 1 unspecified atom stereocenters. The molecular weight excluding hydrogens is 375 g/mol. The molecular formula is C14H13Br2FN2. The minimum absolute atomic E-state index is 0.0343. The molecule has 0 fully saturated rings. The fourth-order valence-electron chi connectivity index (χ4n) is 1.81. The zero-order valence-electron chi connectivity index (χ0n) is 10.0. The second-order valence-electron chi connectivity index (χ2n) is 4.08. The van der Waals surface area contributed by atoms with Crippen molar-refractivity contribution in [1.29, 1.82) is 0 Å². The first kappa shape index (κ1) is 14.5. The molecule has 5 heteroatoms. The maximum absolute atomic E-state index is 13.2. The first-order valence-corrected chi connectivity index (χ1v) is 7.36. The van der Waals surface area contributed by atoms with E-state index in [1.165, 1.54) is 6.07 Å². The van der Waals surface area contributed by atoms with Crippen molar-refractivity contribution >= 4 is 37.5 Å². The van der Waals surface area contributed by atoms with E-state index in [1.807, 2.05) is 24.3 Å². The zero-order chi connectivity index (χ0) is 13.8. The van der Waals surface area contributed by atoms with Crippen LogP contribution in [0.25, 0.3) is 0 Å². The second kappa shape index (κ2) is 6.50. The Labute approximate surface area is 128 Å². The molecule has 0 bridgehead atoms. The van der Waals surface area contributed by atoms with Crippen molar-refractivity contribution in [3.63, 3.8) is 0 Å². The van der Waals surface area contributed by atoms with Crippen LogP contribution in [0.2, 0.25) is 0 Å². The highest BCUT2D eigenvalue weighted by molar-refractivity contribution is 9.10. The van der Waals surface area contributed by atoms with E-state index in [9.17, 15) is 4.39 Å². The molecule has 0 aliphatic heterocycles. The van der Waals surface area contributed by atoms with Gasteiger partial charge in [0, 0.05) is 16.7 Å². The fraction of sp³-hybridized carbons (Fsp3) is 0.143. The summed E-state index contributed by atoms with van der Waals surface area (Å²) in [6.45, 7) is 0.442. The van der Waals surface area contributed by atoms with Crippen molar-refractivity contribution in [3.05, 3.63) is 62.8 Å². The summed E-state index contributed by atoms with van der Waals surface area (Å²) in [5, 5.41) is 3.30. The Balaban J connectivity index is 2.24. The molecule has 0 aromatic heterocycles. The molecule has 0 spiro atoms. The molecule has 2 rings (SSSR count). The number of rotatable bonds is 4. The Bertz CT molecular complexity index is 575. The third kappa shape index (κ3) is 3.55. The summed E-state index contributed by atoms with van der Waals surface area (Å²) in [6.07, 6.45) is 0. The number of hydrogen-bond donors (Lipinski definition) is 2. The summed E-state index contributed by atoms with van der Waals surface area (Å²) in [5.41, 5.74) is 7.71. The largest absolute Gasteiger partial charge is 0.377 e. The van der Waals surface area contributed by atoms with Gasteiger partial charge >= 0.3 is 0 Å². The molecule has 3 N–H and O–H groups in total. The smallest absolute Gasteiger partial charge is 0.137 e. The van der Waals surface area contributed by atoms with Gasteiger partial charge in [-0.1, -0.05) is 34.1 Å². The van der Waals surface area contributed by atoms with E-state index in [-0.39, 0.29) is 11.9 Å². The number of nitrogens with two attached hydrogens (primary N) is 1. The maximum Gasteiger partial charge on any atom is 0.137 e. The first-order chi connectivity index (χ1) is 9.11. The lowest BCUT2D eigenvalue weighted by molar-refractivity contribution is 0.621. The predicted molar refractivity (Wildman–Crippen MR) is 83.7 cm³/mol. The molecule has 0 heterocycles. The Morgan fingerprint density at radius 3 is 2.47 bits per heavy atom. The summed E-state index contributed by atoms with van der Waals surface area (Å²) in [5.74, 6) is -0.282. The van der Waals surface area contributed by atoms with Crippen LogP contribution in [-0.4, -0.2) is 6.54 Å². The van der Waals surface area contributed by atoms with Gasteiger partial charge in [0.15, 0.2) is 0 Å². The van der Waals surface area contributed by atoms with Gasteiger partial charge in [-0.15, -0.1) is 0 Å². The van der Waals surface area contributed by atoms with Gasteiger partial charge in [-0.25, -0.2) is 4.39 Å². The monoisotopic (exact) mass is 386 g/mol. The molecule has 2 aromatic rings. The lowest BCUT2D eigenvalue weighted by atomic mass is 10.1. The maximum atomic E-state index is 13.2. The molecule has 0 saturated carbocycles. The van der Waals surface area contributed by atoms with Crippen LogP contribution in [0.1, 0.15) is 11.6 Å². The lowest BCUT2D eigenvalue weighted by Crippen LogP contribution is -2.21. The summed E-state index contributed by atoms with van der Waals surface area (Å²) in [4.78, 5) is 0. The van der Waals surface area contributed by atoms with Crippen LogP contribution in [0.5, 0.6) is 0 Å². The topological polar surface area (TPSA) is 38.0 Å². The normalized spacial score (nSPS) is 12.2. The van der Waals surface area contributed by atoms with E-state index >= 15 is 0 Å². The van der Waals surface area contributed by atoms with Gasteiger partial charge < -0.3 is 11.1 Å². The molecule has 2 nitrogen and oxygen atoms in total. The fourth-order valence-corrected chi connectivity index (χ4v) is 2.75. The average Bonchev–Trinajstić information content (AvgIpc) is 2.41. The predicted octanol–water partition coefficient (Wildman–Crippen LogP) is 4.46. The highest BCUT2D eigenvalue weighted by Gasteiger charge is 2.12. The number of anilines is 1. The van der Waals surface area contributed by atoms with E-state index in [2.05, 4.69) is 37.2 Å². The van der Waals surface area contributed by atoms with E-state index in [0.717, 1.165) is 15.7 Å². The third-order valence-corrected chi connectivity index (χ3v) is 4.11. The third-order valence-electron chi connectivity index (χ3n) is 2.78. The molecule has 0 radical (unpaired) electrons. The Morgan fingerprint density at radius 1 is 1.11 bits per heavy atom. The Kier molecular flexibility index (Phi) is 4.96. The molecule has 19 heavy (non-hydrogen) atoms. The first-order valence-electron chi connectivity index (χ1n) is 5.78. The SMILES string of the molecule is NCC(Nc1ccc(F)c(Br)c1)c1ccccc1Br. The number of nitrogens with one attached hydrogen (secondary N) is 1. The summed E-state index contributed by atoms with van der Waals surface area (Å²) < 4.78 is 14.6. The van der Waals surface area contributed by atoms with Crippen LogP contribution in [-0.2, 0) is 0 Å². The van der Waals surface area contributed by atoms with Gasteiger partial charge in [0.2, 0.25) is 0 Å². The summed E-state index contributed by atoms with van der Waals surface area (Å²) in [6, 6.07) is 12.7. The van der Waals surface area contributed by atoms with Crippen LogP contribution >= 0.6 is 31.9 Å². The number of benzene rings is 2. The quantitative estimate of drug-likeness (QED) is 0.812. The van der Waals surface area contributed by atoms with Crippen LogP contribution < -0.4 is 11.1 Å². The second-order valence-corrected chi connectivity index (χ2v) is 5.79. The van der Waals surface area contributed by atoms with Gasteiger partial charge in [-0.3, -0.25) is 0 Å². The van der Waals surface area contributed by atoms with Crippen molar-refractivity contribution < 1.29 is 4.39 Å². The van der Waals surface area contributed by atoms with Crippen molar-refractivity contribution in [1.82, 2.24) is 0 Å². The van der Waals surface area contributed by atoms with Crippen LogP contribution in [0, 0.1) is 5.82 Å². The van der Waals surface area contributed by atoms with E-state index < -0.39 is 0 Å². The Hall–Kier alpha value is -0.910. The van der Waals surface area contributed by atoms with Gasteiger partial charge in [-0.05, 0) is 45.8 Å². The van der Waals surface area contributed by atoms with Gasteiger partial charge in [0.05, 0.1) is 10.5 Å². The van der Waals surface area contributed by atoms with E-state index in [0.29, 0.717) is 11.0 Å². The summed E-state index contributed by atoms with van der Waals surface area (Å²) >= 11 is 6.69. The molecule has 0 saturated heterocycles. The van der Waals surface area contributed by atoms with Crippen molar-refractivity contribution in [2.45, 2.75) is 6.04 Å². The zero-order valence-corrected chi connectivity index (χ0v) is 13.2. The minimum Gasteiger partial charge on any atom is -0.377 e. The molecule has 0 aliphatic rings. The molecule has 0 aliphatic carbocycles. The van der Waals surface area contributed by atoms with E-state index in [4.69, 9.17) is 5.73 Å². The van der Waals surface area contributed by atoms with Gasteiger partial charge in [-0.2, -0.15) is 0 Å². The van der Waals surface area contributed by atoms with Crippen molar-refractivity contribution in [2.75, 3.05) is 11.9 Å². The number of halogens is 3. The van der Waals surface area contributed by atoms with Crippen LogP contribution in [0.3, 0.4) is 0 Å². The summed E-state index contributed by atoms with van der Waals surface area (Å²) in [7, 11) is 0. The van der Waals surface area contributed by atoms with Crippen LogP contribution in [0.15, 0.2) is 51.4 Å². The van der Waals surface area contributed by atoms with E-state index in [1.54, 1.807) is 12.1 Å². The Morgan fingerprint density at radius 2 is 1.84 bits per heavy atom. The van der Waals surface area contributed by atoms with Gasteiger partial charge in [0.25, 0.3) is 0 Å². The lowest BCUT2D eigenvalue weighted by Gasteiger charge is -2.20. The minimum atomic E-state index is -0.282. The van der Waals surface area contributed by atoms with Gasteiger partial charge in [0.1, 0.15) is 5.82 Å². The van der Waals surface area contributed by atoms with Crippen molar-refractivity contribution in [3.8, 4) is 0 Å². The molecule has 100 valence electrons. The molecule has 1 atom stereocenters. The highest BCUT2D eigenvalue weighted by atomic mass is 79.9. The average molecular weight is 388 g/mol.